The van der Waals surface area contributed by atoms with Crippen LogP contribution < -0.4 is 4.72 Å². The zero-order valence-electron chi connectivity index (χ0n) is 15.3. The van der Waals surface area contributed by atoms with Crippen LogP contribution in [0.3, 0.4) is 0 Å². The fourth-order valence-corrected chi connectivity index (χ4v) is 4.32. The van der Waals surface area contributed by atoms with E-state index in [1.165, 1.54) is 42.5 Å². The van der Waals surface area contributed by atoms with Gasteiger partial charge in [-0.3, -0.25) is 4.72 Å². The van der Waals surface area contributed by atoms with Gasteiger partial charge in [0.15, 0.2) is 14.9 Å². The highest BCUT2D eigenvalue weighted by molar-refractivity contribution is 7.92. The Bertz CT molecular complexity index is 1270. The van der Waals surface area contributed by atoms with Gasteiger partial charge in [0.05, 0.1) is 16.2 Å². The van der Waals surface area contributed by atoms with Crippen LogP contribution in [0.1, 0.15) is 5.56 Å². The lowest BCUT2D eigenvalue weighted by molar-refractivity contribution is -0.139. The monoisotopic (exact) mass is 457 g/mol. The van der Waals surface area contributed by atoms with Crippen LogP contribution >= 0.6 is 0 Å². The molecule has 30 heavy (non-hydrogen) atoms. The van der Waals surface area contributed by atoms with Crippen LogP contribution in [0.25, 0.3) is 11.3 Å². The van der Waals surface area contributed by atoms with Crippen LogP contribution in [-0.2, 0) is 26.0 Å². The maximum atomic E-state index is 13.1. The van der Waals surface area contributed by atoms with Crippen molar-refractivity contribution in [1.29, 1.82) is 0 Å². The second kappa shape index (κ2) is 7.69. The molecule has 0 amide bonds. The van der Waals surface area contributed by atoms with Crippen molar-refractivity contribution in [3.05, 3.63) is 66.2 Å². The van der Waals surface area contributed by atoms with Crippen molar-refractivity contribution < 1.29 is 30.0 Å². The lowest BCUT2D eigenvalue weighted by Crippen LogP contribution is -2.18. The predicted octanol–water partition coefficient (Wildman–Crippen LogP) is 3.37. The lowest BCUT2D eigenvalue weighted by Gasteiger charge is -2.14. The van der Waals surface area contributed by atoms with E-state index in [0.717, 1.165) is 18.4 Å². The molecular weight excluding hydrogens is 443 g/mol. The average Bonchev–Trinajstić information content (AvgIpc) is 2.67. The smallest absolute Gasteiger partial charge is 0.280 e. The van der Waals surface area contributed by atoms with E-state index < -0.39 is 36.5 Å². The van der Waals surface area contributed by atoms with Gasteiger partial charge >= 0.3 is 6.18 Å². The fraction of sp³-hybridized carbons (Fsp3) is 0.111. The van der Waals surface area contributed by atoms with Crippen LogP contribution in [0, 0.1) is 0 Å². The minimum atomic E-state index is -4.83. The zero-order chi connectivity index (χ0) is 22.2. The van der Waals surface area contributed by atoms with Gasteiger partial charge in [-0.2, -0.15) is 13.2 Å². The molecule has 1 aromatic heterocycles. The third kappa shape index (κ3) is 4.76. The van der Waals surface area contributed by atoms with Crippen LogP contribution in [0.2, 0.25) is 0 Å². The summed E-state index contributed by atoms with van der Waals surface area (Å²) in [6.07, 6.45) is -3.83. The Morgan fingerprint density at radius 3 is 2.00 bits per heavy atom. The minimum Gasteiger partial charge on any atom is -0.280 e. The maximum Gasteiger partial charge on any atom is 0.417 e. The fourth-order valence-electron chi connectivity index (χ4n) is 2.53. The second-order valence-electron chi connectivity index (χ2n) is 6.21. The molecule has 0 radical (unpaired) electrons. The molecule has 0 saturated heterocycles. The summed E-state index contributed by atoms with van der Waals surface area (Å²) in [5, 5.41) is 7.24. The number of aromatic nitrogens is 2. The van der Waals surface area contributed by atoms with E-state index in [-0.39, 0.29) is 10.7 Å². The van der Waals surface area contributed by atoms with Gasteiger partial charge in [0, 0.05) is 17.5 Å². The number of alkyl halides is 3. The first-order valence-electron chi connectivity index (χ1n) is 8.21. The first kappa shape index (κ1) is 21.7. The quantitative estimate of drug-likeness (QED) is 0.630. The molecular formula is C18H14F3N3O4S2. The van der Waals surface area contributed by atoms with E-state index in [4.69, 9.17) is 0 Å². The number of hydrogen-bond acceptors (Lipinski definition) is 6. The molecule has 1 heterocycles. The molecule has 0 unspecified atom stereocenters. The Kier molecular flexibility index (Phi) is 5.56. The number of nitrogens with one attached hydrogen (secondary N) is 1. The van der Waals surface area contributed by atoms with Crippen molar-refractivity contribution >= 4 is 25.5 Å². The van der Waals surface area contributed by atoms with Crippen molar-refractivity contribution in [1.82, 2.24) is 10.2 Å². The average molecular weight is 457 g/mol. The number of halogens is 3. The van der Waals surface area contributed by atoms with Crippen molar-refractivity contribution in [2.45, 2.75) is 16.1 Å². The van der Waals surface area contributed by atoms with Gasteiger partial charge in [-0.15, -0.1) is 10.2 Å². The topological polar surface area (TPSA) is 106 Å². The highest BCUT2D eigenvalue weighted by Gasteiger charge is 2.36. The van der Waals surface area contributed by atoms with Crippen LogP contribution in [0.5, 0.6) is 0 Å². The number of hydrogen-bond donors (Lipinski definition) is 1. The molecule has 3 rings (SSSR count). The number of sulfonamides is 1. The van der Waals surface area contributed by atoms with Gasteiger partial charge in [0.25, 0.3) is 10.0 Å². The Balaban J connectivity index is 1.86. The summed E-state index contributed by atoms with van der Waals surface area (Å²) < 4.78 is 89.2. The molecule has 3 aromatic rings. The number of benzene rings is 2. The predicted molar refractivity (Wildman–Crippen MR) is 103 cm³/mol. The minimum absolute atomic E-state index is 0.0384. The maximum absolute atomic E-state index is 13.1. The Morgan fingerprint density at radius 1 is 0.833 bits per heavy atom. The van der Waals surface area contributed by atoms with Gasteiger partial charge < -0.3 is 0 Å². The van der Waals surface area contributed by atoms with Crippen molar-refractivity contribution in [2.24, 2.45) is 0 Å². The molecule has 0 spiro atoms. The third-order valence-corrected chi connectivity index (χ3v) is 6.35. The molecule has 0 bridgehead atoms. The number of sulfone groups is 1. The van der Waals surface area contributed by atoms with Crippen molar-refractivity contribution in [3.8, 4) is 11.3 Å². The van der Waals surface area contributed by atoms with E-state index in [1.807, 2.05) is 0 Å². The first-order valence-corrected chi connectivity index (χ1v) is 11.6. The van der Waals surface area contributed by atoms with Gasteiger partial charge in [-0.05, 0) is 36.4 Å². The third-order valence-electron chi connectivity index (χ3n) is 3.93. The van der Waals surface area contributed by atoms with Crippen LogP contribution in [0.15, 0.2) is 70.6 Å². The van der Waals surface area contributed by atoms with Crippen LogP contribution in [-0.4, -0.2) is 33.3 Å². The number of anilines is 1. The first-order chi connectivity index (χ1) is 13.9. The SMILES string of the molecule is CS(=O)(=O)c1ccc(-c2ccc(NS(=O)(=O)c3ccccc3C(F)(F)F)cc2)nn1. The van der Waals surface area contributed by atoms with E-state index >= 15 is 0 Å². The van der Waals surface area contributed by atoms with Gasteiger partial charge in [-0.1, -0.05) is 24.3 Å². The number of nitrogens with zero attached hydrogens (tertiary/aromatic N) is 2. The Morgan fingerprint density at radius 2 is 1.47 bits per heavy atom. The summed E-state index contributed by atoms with van der Waals surface area (Å²) in [6, 6.07) is 12.2. The molecule has 0 atom stereocenters. The molecule has 0 fully saturated rings. The summed E-state index contributed by atoms with van der Waals surface area (Å²) in [7, 11) is -7.99. The Labute approximate surface area is 170 Å². The normalized spacial score (nSPS) is 12.5. The van der Waals surface area contributed by atoms with E-state index in [1.54, 1.807) is 0 Å². The molecule has 0 saturated carbocycles. The van der Waals surface area contributed by atoms with Crippen molar-refractivity contribution in [2.75, 3.05) is 11.0 Å². The summed E-state index contributed by atoms with van der Waals surface area (Å²) in [6.45, 7) is 0. The second-order valence-corrected chi connectivity index (χ2v) is 9.82. The standard InChI is InChI=1S/C18H14F3N3O4S2/c1-29(25,26)17-11-10-15(22-23-17)12-6-8-13(9-7-12)24-30(27,28)16-5-3-2-4-14(16)18(19,20)21/h2-11,24H,1H3. The highest BCUT2D eigenvalue weighted by atomic mass is 32.2. The molecule has 0 aliphatic rings. The van der Waals surface area contributed by atoms with E-state index in [0.29, 0.717) is 17.3 Å². The largest absolute Gasteiger partial charge is 0.417 e. The Hall–Kier alpha value is -2.99. The molecule has 7 nitrogen and oxygen atoms in total. The number of rotatable bonds is 5. The molecule has 0 aliphatic heterocycles. The molecule has 12 heteroatoms. The molecule has 0 aliphatic carbocycles. The lowest BCUT2D eigenvalue weighted by atomic mass is 10.1. The van der Waals surface area contributed by atoms with Crippen molar-refractivity contribution in [3.63, 3.8) is 0 Å². The van der Waals surface area contributed by atoms with Gasteiger partial charge in [-0.25, -0.2) is 16.8 Å². The molecule has 2 aromatic carbocycles. The zero-order valence-corrected chi connectivity index (χ0v) is 16.9. The van der Waals surface area contributed by atoms with Gasteiger partial charge in [0.2, 0.25) is 0 Å². The van der Waals surface area contributed by atoms with E-state index in [2.05, 4.69) is 14.9 Å². The summed E-state index contributed by atoms with van der Waals surface area (Å²) in [5.41, 5.74) is -0.396. The summed E-state index contributed by atoms with van der Waals surface area (Å²) in [5.74, 6) is 0. The molecule has 1 N–H and O–H groups in total. The van der Waals surface area contributed by atoms with Gasteiger partial charge in [0.1, 0.15) is 0 Å². The summed E-state index contributed by atoms with van der Waals surface area (Å²) >= 11 is 0. The summed E-state index contributed by atoms with van der Waals surface area (Å²) in [4.78, 5) is -0.885. The molecule has 158 valence electrons. The highest BCUT2D eigenvalue weighted by Crippen LogP contribution is 2.34. The van der Waals surface area contributed by atoms with Crippen LogP contribution in [0.4, 0.5) is 18.9 Å². The van der Waals surface area contributed by atoms with E-state index in [9.17, 15) is 30.0 Å².